The van der Waals surface area contributed by atoms with Crippen LogP contribution in [0, 0.1) is 5.82 Å². The summed E-state index contributed by atoms with van der Waals surface area (Å²) in [6.07, 6.45) is 0.608. The summed E-state index contributed by atoms with van der Waals surface area (Å²) in [6, 6.07) is 12.7. The molecule has 0 spiro atoms. The van der Waals surface area contributed by atoms with E-state index in [0.717, 1.165) is 0 Å². The fourth-order valence-corrected chi connectivity index (χ4v) is 3.24. The Balaban J connectivity index is 1.68. The van der Waals surface area contributed by atoms with Crippen LogP contribution in [0.15, 0.2) is 48.5 Å². The molecule has 1 fully saturated rings. The van der Waals surface area contributed by atoms with Gasteiger partial charge in [0.05, 0.1) is 5.56 Å². The van der Waals surface area contributed by atoms with Gasteiger partial charge in [-0.05, 0) is 36.8 Å². The van der Waals surface area contributed by atoms with Crippen LogP contribution >= 0.6 is 0 Å². The molecule has 146 valence electrons. The number of amides is 3. The van der Waals surface area contributed by atoms with Crippen LogP contribution in [0.4, 0.5) is 10.1 Å². The third-order valence-corrected chi connectivity index (χ3v) is 4.60. The minimum absolute atomic E-state index is 0.0466. The van der Waals surface area contributed by atoms with Crippen molar-refractivity contribution in [3.05, 3.63) is 65.5 Å². The average Bonchev–Trinajstić information content (AvgIpc) is 2.93. The highest BCUT2D eigenvalue weighted by molar-refractivity contribution is 5.97. The molecule has 3 amide bonds. The molecule has 1 aliphatic rings. The van der Waals surface area contributed by atoms with Gasteiger partial charge in [0.2, 0.25) is 5.91 Å². The van der Waals surface area contributed by atoms with E-state index in [-0.39, 0.29) is 23.3 Å². The van der Waals surface area contributed by atoms with E-state index in [1.54, 1.807) is 46.2 Å². The van der Waals surface area contributed by atoms with Crippen LogP contribution in [0.3, 0.4) is 0 Å². The van der Waals surface area contributed by atoms with Crippen molar-refractivity contribution in [2.75, 3.05) is 31.5 Å². The second-order valence-electron chi connectivity index (χ2n) is 6.68. The maximum absolute atomic E-state index is 13.9. The van der Waals surface area contributed by atoms with E-state index in [1.165, 1.54) is 19.1 Å². The van der Waals surface area contributed by atoms with Gasteiger partial charge >= 0.3 is 0 Å². The lowest BCUT2D eigenvalue weighted by atomic mass is 10.1. The molecule has 2 aromatic rings. The van der Waals surface area contributed by atoms with Crippen LogP contribution in [0.5, 0.6) is 0 Å². The predicted molar refractivity (Wildman–Crippen MR) is 104 cm³/mol. The van der Waals surface area contributed by atoms with E-state index >= 15 is 0 Å². The van der Waals surface area contributed by atoms with E-state index in [4.69, 9.17) is 0 Å². The zero-order valence-electron chi connectivity index (χ0n) is 15.7. The van der Waals surface area contributed by atoms with E-state index in [9.17, 15) is 18.8 Å². The summed E-state index contributed by atoms with van der Waals surface area (Å²) >= 11 is 0. The Labute approximate surface area is 162 Å². The second-order valence-corrected chi connectivity index (χ2v) is 6.68. The number of hydrogen-bond donors (Lipinski definition) is 1. The Morgan fingerprint density at radius 3 is 2.25 bits per heavy atom. The average molecular weight is 383 g/mol. The molecular weight excluding hydrogens is 361 g/mol. The third kappa shape index (κ3) is 4.54. The second kappa shape index (κ2) is 8.65. The summed E-state index contributed by atoms with van der Waals surface area (Å²) in [4.78, 5) is 39.9. The summed E-state index contributed by atoms with van der Waals surface area (Å²) in [7, 11) is 0. The van der Waals surface area contributed by atoms with E-state index in [2.05, 4.69) is 5.32 Å². The highest BCUT2D eigenvalue weighted by Crippen LogP contribution is 2.16. The number of carbonyl (C=O) groups excluding carboxylic acids is 3. The third-order valence-electron chi connectivity index (χ3n) is 4.60. The maximum atomic E-state index is 13.9. The Hall–Kier alpha value is -3.22. The van der Waals surface area contributed by atoms with Crippen molar-refractivity contribution in [1.82, 2.24) is 9.80 Å². The molecule has 3 rings (SSSR count). The zero-order valence-corrected chi connectivity index (χ0v) is 15.7. The van der Waals surface area contributed by atoms with Crippen molar-refractivity contribution >= 4 is 23.4 Å². The first-order chi connectivity index (χ1) is 13.5. The Morgan fingerprint density at radius 2 is 1.57 bits per heavy atom. The van der Waals surface area contributed by atoms with Crippen molar-refractivity contribution in [1.29, 1.82) is 0 Å². The minimum Gasteiger partial charge on any atom is -0.337 e. The Bertz CT molecular complexity index is 900. The molecule has 1 aliphatic heterocycles. The molecule has 2 aromatic carbocycles. The number of carbonyl (C=O) groups is 3. The van der Waals surface area contributed by atoms with Gasteiger partial charge in [-0.25, -0.2) is 4.39 Å². The zero-order chi connectivity index (χ0) is 20.1. The summed E-state index contributed by atoms with van der Waals surface area (Å²) < 4.78 is 13.9. The largest absolute Gasteiger partial charge is 0.337 e. The van der Waals surface area contributed by atoms with Gasteiger partial charge in [0.25, 0.3) is 11.8 Å². The van der Waals surface area contributed by atoms with Crippen molar-refractivity contribution in [2.45, 2.75) is 13.3 Å². The van der Waals surface area contributed by atoms with Crippen LogP contribution < -0.4 is 5.32 Å². The summed E-state index contributed by atoms with van der Waals surface area (Å²) in [5.41, 5.74) is 1.08. The minimum atomic E-state index is -0.542. The molecule has 1 heterocycles. The fraction of sp³-hybridized carbons (Fsp3) is 0.286. The molecule has 1 N–H and O–H groups in total. The number of nitrogens with one attached hydrogen (secondary N) is 1. The van der Waals surface area contributed by atoms with E-state index in [1.807, 2.05) is 0 Å². The lowest BCUT2D eigenvalue weighted by molar-refractivity contribution is -0.114. The number of rotatable bonds is 3. The first-order valence-electron chi connectivity index (χ1n) is 9.16. The Kier molecular flexibility index (Phi) is 6.03. The molecule has 0 radical (unpaired) electrons. The van der Waals surface area contributed by atoms with Crippen LogP contribution in [0.25, 0.3) is 0 Å². The summed E-state index contributed by atoms with van der Waals surface area (Å²) in [5, 5.41) is 2.66. The first-order valence-corrected chi connectivity index (χ1v) is 9.16. The van der Waals surface area contributed by atoms with Crippen LogP contribution in [0.1, 0.15) is 34.1 Å². The van der Waals surface area contributed by atoms with Gasteiger partial charge in [0.1, 0.15) is 5.82 Å². The Morgan fingerprint density at radius 1 is 0.893 bits per heavy atom. The lowest BCUT2D eigenvalue weighted by Crippen LogP contribution is -2.37. The molecule has 1 saturated heterocycles. The van der Waals surface area contributed by atoms with Gasteiger partial charge in [-0.15, -0.1) is 0 Å². The van der Waals surface area contributed by atoms with Crippen molar-refractivity contribution in [3.8, 4) is 0 Å². The molecule has 7 heteroatoms. The van der Waals surface area contributed by atoms with Gasteiger partial charge in [-0.2, -0.15) is 0 Å². The van der Waals surface area contributed by atoms with Crippen LogP contribution in [-0.2, 0) is 4.79 Å². The topological polar surface area (TPSA) is 69.7 Å². The van der Waals surface area contributed by atoms with Gasteiger partial charge in [0, 0.05) is 44.4 Å². The number of benzene rings is 2. The highest BCUT2D eigenvalue weighted by atomic mass is 19.1. The first kappa shape index (κ1) is 19.5. The molecule has 6 nitrogen and oxygen atoms in total. The standard InChI is InChI=1S/C21H22FN3O3/c1-15(26)23-17-7-4-6-16(14-17)20(27)24-10-5-11-25(13-12-24)21(28)18-8-2-3-9-19(18)22/h2-4,6-9,14H,5,10-13H2,1H3,(H,23,26). The van der Waals surface area contributed by atoms with Crippen molar-refractivity contribution in [3.63, 3.8) is 0 Å². The number of nitrogens with zero attached hydrogens (tertiary/aromatic N) is 2. The van der Waals surface area contributed by atoms with Crippen LogP contribution in [-0.4, -0.2) is 53.7 Å². The number of hydrogen-bond acceptors (Lipinski definition) is 3. The molecule has 28 heavy (non-hydrogen) atoms. The maximum Gasteiger partial charge on any atom is 0.256 e. The normalized spacial score (nSPS) is 14.4. The molecular formula is C21H22FN3O3. The molecule has 0 unspecified atom stereocenters. The molecule has 0 atom stereocenters. The SMILES string of the molecule is CC(=O)Nc1cccc(C(=O)N2CCCN(C(=O)c3ccccc3F)CC2)c1. The van der Waals surface area contributed by atoms with Gasteiger partial charge in [-0.3, -0.25) is 14.4 Å². The van der Waals surface area contributed by atoms with Crippen LogP contribution in [0.2, 0.25) is 0 Å². The van der Waals surface area contributed by atoms with E-state index < -0.39 is 5.82 Å². The monoisotopic (exact) mass is 383 g/mol. The number of anilines is 1. The quantitative estimate of drug-likeness (QED) is 0.886. The summed E-state index contributed by atoms with van der Waals surface area (Å²) in [6.45, 7) is 3.07. The highest BCUT2D eigenvalue weighted by Gasteiger charge is 2.25. The van der Waals surface area contributed by atoms with Crippen molar-refractivity contribution in [2.24, 2.45) is 0 Å². The van der Waals surface area contributed by atoms with Gasteiger partial charge in [-0.1, -0.05) is 18.2 Å². The molecule has 0 bridgehead atoms. The summed E-state index contributed by atoms with van der Waals surface area (Å²) in [5.74, 6) is -1.27. The van der Waals surface area contributed by atoms with Gasteiger partial charge < -0.3 is 15.1 Å². The lowest BCUT2D eigenvalue weighted by Gasteiger charge is -2.22. The molecule has 0 aliphatic carbocycles. The predicted octanol–water partition coefficient (Wildman–Crippen LogP) is 2.77. The van der Waals surface area contributed by atoms with Gasteiger partial charge in [0.15, 0.2) is 0 Å². The smallest absolute Gasteiger partial charge is 0.256 e. The molecule has 0 saturated carbocycles. The fourth-order valence-electron chi connectivity index (χ4n) is 3.24. The number of halogens is 1. The molecule has 0 aromatic heterocycles. The van der Waals surface area contributed by atoms with E-state index in [0.29, 0.717) is 43.9 Å². The van der Waals surface area contributed by atoms with Crippen molar-refractivity contribution < 1.29 is 18.8 Å².